The van der Waals surface area contributed by atoms with E-state index in [2.05, 4.69) is 4.90 Å². The summed E-state index contributed by atoms with van der Waals surface area (Å²) in [4.78, 5) is 16.6. The normalized spacial score (nSPS) is 27.0. The minimum absolute atomic E-state index is 0.0609. The van der Waals surface area contributed by atoms with E-state index in [9.17, 15) is 18.0 Å². The first kappa shape index (κ1) is 17.5. The quantitative estimate of drug-likeness (QED) is 0.801. The van der Waals surface area contributed by atoms with Crippen LogP contribution in [0.5, 0.6) is 0 Å². The molecule has 3 atom stereocenters. The molecule has 1 unspecified atom stereocenters. The summed E-state index contributed by atoms with van der Waals surface area (Å²) in [5.41, 5.74) is -0.907. The van der Waals surface area contributed by atoms with Gasteiger partial charge in [0.25, 0.3) is 5.91 Å². The van der Waals surface area contributed by atoms with Crippen molar-refractivity contribution in [2.24, 2.45) is 11.8 Å². The highest BCUT2D eigenvalue weighted by Crippen LogP contribution is 2.40. The Bertz CT molecular complexity index is 633. The molecule has 0 spiro atoms. The van der Waals surface area contributed by atoms with Crippen molar-refractivity contribution in [1.82, 2.24) is 9.80 Å². The predicted octanol–water partition coefficient (Wildman–Crippen LogP) is 3.77. The van der Waals surface area contributed by atoms with Crippen LogP contribution in [-0.2, 0) is 6.18 Å². The number of hydrogen-bond acceptors (Lipinski definition) is 2. The van der Waals surface area contributed by atoms with E-state index >= 15 is 0 Å². The number of alkyl halides is 3. The Kier molecular flexibility index (Phi) is 4.55. The van der Waals surface area contributed by atoms with E-state index < -0.39 is 17.6 Å². The van der Waals surface area contributed by atoms with Crippen molar-refractivity contribution in [2.75, 3.05) is 27.2 Å². The monoisotopic (exact) mass is 360 g/mol. The number of carbonyl (C=O) groups is 1. The average molecular weight is 361 g/mol. The van der Waals surface area contributed by atoms with Crippen LogP contribution in [0.1, 0.15) is 28.8 Å². The largest absolute Gasteiger partial charge is 0.416 e. The Morgan fingerprint density at radius 1 is 1.21 bits per heavy atom. The molecule has 2 aliphatic rings. The number of likely N-dealkylation sites (tertiary alicyclic amines) is 1. The fourth-order valence-corrected chi connectivity index (χ4v) is 4.44. The molecular weight excluding hydrogens is 341 g/mol. The molecule has 1 aliphatic heterocycles. The Balaban J connectivity index is 1.84. The summed E-state index contributed by atoms with van der Waals surface area (Å²) in [7, 11) is 4.08. The Morgan fingerprint density at radius 2 is 1.79 bits per heavy atom. The molecule has 1 aliphatic carbocycles. The molecule has 1 heterocycles. The van der Waals surface area contributed by atoms with Crippen molar-refractivity contribution in [3.8, 4) is 0 Å². The second kappa shape index (κ2) is 6.23. The zero-order valence-electron chi connectivity index (χ0n) is 13.6. The van der Waals surface area contributed by atoms with Gasteiger partial charge in [0.2, 0.25) is 0 Å². The average Bonchev–Trinajstić information content (AvgIpc) is 2.77. The number of carbonyl (C=O) groups excluding carboxylic acids is 1. The van der Waals surface area contributed by atoms with Crippen molar-refractivity contribution in [2.45, 2.75) is 25.1 Å². The molecule has 1 saturated carbocycles. The molecule has 132 valence electrons. The van der Waals surface area contributed by atoms with Crippen LogP contribution in [-0.4, -0.2) is 48.9 Å². The first-order chi connectivity index (χ1) is 11.2. The maximum Gasteiger partial charge on any atom is 0.416 e. The third-order valence-corrected chi connectivity index (χ3v) is 5.52. The molecule has 1 aromatic rings. The lowest BCUT2D eigenvalue weighted by molar-refractivity contribution is -0.137. The van der Waals surface area contributed by atoms with Crippen LogP contribution >= 0.6 is 11.6 Å². The van der Waals surface area contributed by atoms with Crippen molar-refractivity contribution in [1.29, 1.82) is 0 Å². The van der Waals surface area contributed by atoms with Crippen molar-refractivity contribution in [3.05, 3.63) is 34.3 Å². The van der Waals surface area contributed by atoms with E-state index in [0.29, 0.717) is 31.0 Å². The van der Waals surface area contributed by atoms with Crippen LogP contribution in [0.3, 0.4) is 0 Å². The van der Waals surface area contributed by atoms with E-state index in [1.54, 1.807) is 4.90 Å². The molecule has 3 nitrogen and oxygen atoms in total. The van der Waals surface area contributed by atoms with Gasteiger partial charge in [-0.2, -0.15) is 13.2 Å². The lowest BCUT2D eigenvalue weighted by Gasteiger charge is -2.41. The molecule has 24 heavy (non-hydrogen) atoms. The molecule has 0 aromatic heterocycles. The van der Waals surface area contributed by atoms with Gasteiger partial charge in [0, 0.05) is 19.1 Å². The van der Waals surface area contributed by atoms with Crippen LogP contribution in [0, 0.1) is 11.8 Å². The molecule has 2 fully saturated rings. The highest BCUT2D eigenvalue weighted by molar-refractivity contribution is 6.33. The van der Waals surface area contributed by atoms with Crippen molar-refractivity contribution < 1.29 is 18.0 Å². The van der Waals surface area contributed by atoms with Gasteiger partial charge < -0.3 is 9.80 Å². The number of hydrogen-bond donors (Lipinski definition) is 0. The number of benzene rings is 1. The van der Waals surface area contributed by atoms with Gasteiger partial charge in [-0.05, 0) is 57.0 Å². The van der Waals surface area contributed by atoms with Gasteiger partial charge in [-0.1, -0.05) is 11.6 Å². The number of amides is 1. The third-order valence-electron chi connectivity index (χ3n) is 5.19. The molecule has 1 aromatic carbocycles. The lowest BCUT2D eigenvalue weighted by Crippen LogP contribution is -2.52. The second-order valence-corrected chi connectivity index (χ2v) is 7.36. The van der Waals surface area contributed by atoms with E-state index in [0.717, 1.165) is 31.0 Å². The van der Waals surface area contributed by atoms with E-state index in [4.69, 9.17) is 11.6 Å². The summed E-state index contributed by atoms with van der Waals surface area (Å²) < 4.78 is 38.7. The molecule has 3 rings (SSSR count). The first-order valence-corrected chi connectivity index (χ1v) is 8.38. The van der Waals surface area contributed by atoms with Crippen LogP contribution < -0.4 is 0 Å². The van der Waals surface area contributed by atoms with Gasteiger partial charge in [-0.15, -0.1) is 0 Å². The predicted molar refractivity (Wildman–Crippen MR) is 86.0 cm³/mol. The van der Waals surface area contributed by atoms with E-state index in [1.165, 1.54) is 0 Å². The number of piperidine rings is 1. The fourth-order valence-electron chi connectivity index (χ4n) is 4.24. The molecule has 1 saturated heterocycles. The molecule has 2 bridgehead atoms. The van der Waals surface area contributed by atoms with E-state index in [-0.39, 0.29) is 10.6 Å². The minimum Gasteiger partial charge on any atom is -0.338 e. The number of fused-ring (bicyclic) bond motifs is 2. The number of halogens is 4. The first-order valence-electron chi connectivity index (χ1n) is 8.01. The standard InChI is InChI=1S/C17H20ClF3N2O/c1-22(2)15-10-3-4-11(15)9-23(8-10)16(24)13-7-12(17(19,20)21)5-6-14(13)18/h5-7,10-11,15H,3-4,8-9H2,1-2H3/t10-,11+,15?. The van der Waals surface area contributed by atoms with Crippen LogP contribution in [0.15, 0.2) is 18.2 Å². The van der Waals surface area contributed by atoms with Crippen LogP contribution in [0.2, 0.25) is 5.02 Å². The van der Waals surface area contributed by atoms with Crippen LogP contribution in [0.25, 0.3) is 0 Å². The Hall–Kier alpha value is -1.27. The third kappa shape index (κ3) is 3.14. The summed E-state index contributed by atoms with van der Waals surface area (Å²) in [5.74, 6) is 0.333. The molecule has 0 radical (unpaired) electrons. The number of nitrogens with zero attached hydrogens (tertiary/aromatic N) is 2. The van der Waals surface area contributed by atoms with Gasteiger partial charge in [0.1, 0.15) is 0 Å². The van der Waals surface area contributed by atoms with E-state index in [1.807, 2.05) is 14.1 Å². The van der Waals surface area contributed by atoms with Crippen molar-refractivity contribution in [3.63, 3.8) is 0 Å². The Labute approximate surface area is 144 Å². The van der Waals surface area contributed by atoms with Gasteiger partial charge in [-0.3, -0.25) is 4.79 Å². The van der Waals surface area contributed by atoms with Crippen molar-refractivity contribution >= 4 is 17.5 Å². The lowest BCUT2D eigenvalue weighted by atomic mass is 9.91. The van der Waals surface area contributed by atoms with Crippen LogP contribution in [0.4, 0.5) is 13.2 Å². The maximum absolute atomic E-state index is 12.9. The molecule has 0 N–H and O–H groups in total. The number of rotatable bonds is 2. The fraction of sp³-hybridized carbons (Fsp3) is 0.588. The zero-order chi connectivity index (χ0) is 17.6. The zero-order valence-corrected chi connectivity index (χ0v) is 14.4. The smallest absolute Gasteiger partial charge is 0.338 e. The molecule has 7 heteroatoms. The highest BCUT2D eigenvalue weighted by Gasteiger charge is 2.44. The summed E-state index contributed by atoms with van der Waals surface area (Å²) in [6.45, 7) is 1.15. The topological polar surface area (TPSA) is 23.6 Å². The molecule has 1 amide bonds. The molecular formula is C17H20ClF3N2O. The minimum atomic E-state index is -4.49. The summed E-state index contributed by atoms with van der Waals surface area (Å²) in [6, 6.07) is 3.36. The Morgan fingerprint density at radius 3 is 2.29 bits per heavy atom. The summed E-state index contributed by atoms with van der Waals surface area (Å²) >= 11 is 6.00. The SMILES string of the molecule is CN(C)C1[C@@H]2CC[C@H]1CN(C(=O)c1cc(C(F)(F)F)ccc1Cl)C2. The van der Waals surface area contributed by atoms with Gasteiger partial charge in [-0.25, -0.2) is 0 Å². The van der Waals surface area contributed by atoms with Gasteiger partial charge in [0.05, 0.1) is 16.1 Å². The summed E-state index contributed by atoms with van der Waals surface area (Å²) in [5, 5.41) is 0.0649. The van der Waals surface area contributed by atoms with Gasteiger partial charge in [0.15, 0.2) is 0 Å². The van der Waals surface area contributed by atoms with Gasteiger partial charge >= 0.3 is 6.18 Å². The second-order valence-electron chi connectivity index (χ2n) is 6.95. The summed E-state index contributed by atoms with van der Waals surface area (Å²) in [6.07, 6.45) is -2.39. The maximum atomic E-state index is 12.9. The highest BCUT2D eigenvalue weighted by atomic mass is 35.5.